The van der Waals surface area contributed by atoms with E-state index in [2.05, 4.69) is 15.6 Å². The van der Waals surface area contributed by atoms with Gasteiger partial charge in [0.05, 0.1) is 17.8 Å². The van der Waals surface area contributed by atoms with Gasteiger partial charge >= 0.3 is 0 Å². The first-order valence-electron chi connectivity index (χ1n) is 8.68. The second-order valence-electron chi connectivity index (χ2n) is 6.44. The van der Waals surface area contributed by atoms with Crippen LogP contribution in [-0.2, 0) is 4.79 Å². The summed E-state index contributed by atoms with van der Waals surface area (Å²) in [5.41, 5.74) is 2.91. The molecule has 0 saturated carbocycles. The number of hydrogen-bond acceptors (Lipinski definition) is 5. The molecule has 2 aromatic carbocycles. The van der Waals surface area contributed by atoms with Crippen molar-refractivity contribution < 1.29 is 14.7 Å². The molecule has 1 amide bonds. The molecule has 0 bridgehead atoms. The van der Waals surface area contributed by atoms with E-state index in [-0.39, 0.29) is 29.0 Å². The molecule has 0 saturated heterocycles. The zero-order valence-electron chi connectivity index (χ0n) is 15.2. The molecule has 0 aliphatic carbocycles. The van der Waals surface area contributed by atoms with E-state index >= 15 is 0 Å². The number of carbonyl (C=O) groups excluding carboxylic acids is 2. The van der Waals surface area contributed by atoms with E-state index in [0.29, 0.717) is 18.0 Å². The minimum absolute atomic E-state index is 0.0445. The lowest BCUT2D eigenvalue weighted by molar-refractivity contribution is -0.110. The van der Waals surface area contributed by atoms with E-state index in [1.807, 2.05) is 31.2 Å². The number of carbonyl (C=O) groups is 2. The van der Waals surface area contributed by atoms with E-state index in [1.54, 1.807) is 25.1 Å². The molecule has 1 unspecified atom stereocenters. The predicted octanol–water partition coefficient (Wildman–Crippen LogP) is 2.90. The Hall–Kier alpha value is -3.41. The van der Waals surface area contributed by atoms with Crippen LogP contribution in [0.5, 0.6) is 5.75 Å². The number of phenolic OH excluding ortho intramolecular Hbond substituents is 1. The quantitative estimate of drug-likeness (QED) is 0.544. The van der Waals surface area contributed by atoms with Crippen molar-refractivity contribution in [3.8, 4) is 5.75 Å². The predicted molar refractivity (Wildman–Crippen MR) is 105 cm³/mol. The second-order valence-corrected chi connectivity index (χ2v) is 6.44. The molecular formula is C21H21N3O3. The summed E-state index contributed by atoms with van der Waals surface area (Å²) in [6.07, 6.45) is 1.44. The van der Waals surface area contributed by atoms with Crippen molar-refractivity contribution in [1.82, 2.24) is 5.32 Å². The SMILES string of the molecule is C/C(=C/C(=O)c1ccccc1O)NC(C)CN=C1C(=O)Nc2ccccc21. The number of nitrogens with one attached hydrogen (secondary N) is 2. The third kappa shape index (κ3) is 4.23. The Balaban J connectivity index is 1.64. The highest BCUT2D eigenvalue weighted by molar-refractivity contribution is 6.53. The first-order valence-corrected chi connectivity index (χ1v) is 8.68. The largest absolute Gasteiger partial charge is 0.507 e. The molecule has 0 radical (unpaired) electrons. The molecule has 1 heterocycles. The van der Waals surface area contributed by atoms with Gasteiger partial charge in [-0.1, -0.05) is 30.3 Å². The van der Waals surface area contributed by atoms with Crippen LogP contribution in [0.3, 0.4) is 0 Å². The molecule has 3 N–H and O–H groups in total. The topological polar surface area (TPSA) is 90.8 Å². The first-order chi connectivity index (χ1) is 13.0. The highest BCUT2D eigenvalue weighted by Crippen LogP contribution is 2.22. The van der Waals surface area contributed by atoms with Gasteiger partial charge in [0.1, 0.15) is 11.5 Å². The van der Waals surface area contributed by atoms with Gasteiger partial charge in [0.15, 0.2) is 5.78 Å². The number of fused-ring (bicyclic) bond motifs is 1. The normalized spacial score (nSPS) is 16.0. The van der Waals surface area contributed by atoms with Crippen molar-refractivity contribution in [1.29, 1.82) is 0 Å². The fourth-order valence-corrected chi connectivity index (χ4v) is 2.92. The summed E-state index contributed by atoms with van der Waals surface area (Å²) < 4.78 is 0. The summed E-state index contributed by atoms with van der Waals surface area (Å²) in [6.45, 7) is 4.08. The van der Waals surface area contributed by atoms with Crippen LogP contribution in [0, 0.1) is 0 Å². The molecule has 1 aliphatic rings. The van der Waals surface area contributed by atoms with Crippen molar-refractivity contribution in [3.05, 3.63) is 71.4 Å². The Morgan fingerprint density at radius 2 is 1.93 bits per heavy atom. The number of anilines is 1. The smallest absolute Gasteiger partial charge is 0.274 e. The summed E-state index contributed by atoms with van der Waals surface area (Å²) in [4.78, 5) is 28.7. The number of phenols is 1. The molecular weight excluding hydrogens is 342 g/mol. The second kappa shape index (κ2) is 7.86. The van der Waals surface area contributed by atoms with Gasteiger partial charge in [0.25, 0.3) is 5.91 Å². The maximum Gasteiger partial charge on any atom is 0.274 e. The van der Waals surface area contributed by atoms with Crippen LogP contribution in [-0.4, -0.2) is 35.1 Å². The van der Waals surface area contributed by atoms with Crippen molar-refractivity contribution in [2.45, 2.75) is 19.9 Å². The number of para-hydroxylation sites is 2. The monoisotopic (exact) mass is 363 g/mol. The summed E-state index contributed by atoms with van der Waals surface area (Å²) in [5.74, 6) is -0.525. The first kappa shape index (κ1) is 18.4. The Morgan fingerprint density at radius 1 is 1.22 bits per heavy atom. The molecule has 0 spiro atoms. The van der Waals surface area contributed by atoms with E-state index in [4.69, 9.17) is 0 Å². The number of allylic oxidation sites excluding steroid dienone is 2. The van der Waals surface area contributed by atoms with Gasteiger partial charge in [-0.05, 0) is 32.0 Å². The lowest BCUT2D eigenvalue weighted by Crippen LogP contribution is -2.28. The van der Waals surface area contributed by atoms with E-state index in [1.165, 1.54) is 12.1 Å². The number of amides is 1. The van der Waals surface area contributed by atoms with Crippen LogP contribution in [0.4, 0.5) is 5.69 Å². The molecule has 2 aromatic rings. The van der Waals surface area contributed by atoms with Crippen LogP contribution >= 0.6 is 0 Å². The van der Waals surface area contributed by atoms with Crippen molar-refractivity contribution in [3.63, 3.8) is 0 Å². The van der Waals surface area contributed by atoms with E-state index in [9.17, 15) is 14.7 Å². The summed E-state index contributed by atoms with van der Waals surface area (Å²) in [7, 11) is 0. The lowest BCUT2D eigenvalue weighted by atomic mass is 10.1. The fraction of sp³-hybridized carbons (Fsp3) is 0.190. The third-order valence-corrected chi connectivity index (χ3v) is 4.16. The maximum atomic E-state index is 12.2. The molecule has 6 heteroatoms. The van der Waals surface area contributed by atoms with Crippen LogP contribution in [0.25, 0.3) is 0 Å². The number of rotatable bonds is 6. The molecule has 27 heavy (non-hydrogen) atoms. The Labute approximate surface area is 157 Å². The van der Waals surface area contributed by atoms with Gasteiger partial charge in [-0.25, -0.2) is 0 Å². The minimum atomic E-state index is -0.277. The van der Waals surface area contributed by atoms with Crippen LogP contribution in [0.1, 0.15) is 29.8 Å². The molecule has 3 rings (SSSR count). The number of aliphatic imine (C=N–C) groups is 1. The van der Waals surface area contributed by atoms with Crippen molar-refractivity contribution in [2.75, 3.05) is 11.9 Å². The van der Waals surface area contributed by atoms with Crippen LogP contribution in [0.2, 0.25) is 0 Å². The maximum absolute atomic E-state index is 12.2. The zero-order chi connectivity index (χ0) is 19.4. The van der Waals surface area contributed by atoms with Gasteiger partial charge in [-0.3, -0.25) is 14.6 Å². The molecule has 0 aromatic heterocycles. The average Bonchev–Trinajstić information content (AvgIpc) is 2.95. The summed E-state index contributed by atoms with van der Waals surface area (Å²) in [6, 6.07) is 13.8. The molecule has 1 atom stereocenters. The molecule has 138 valence electrons. The number of aromatic hydroxyl groups is 1. The molecule has 1 aliphatic heterocycles. The summed E-state index contributed by atoms with van der Waals surface area (Å²) >= 11 is 0. The summed E-state index contributed by atoms with van der Waals surface area (Å²) in [5, 5.41) is 15.7. The number of benzene rings is 2. The number of hydrogen-bond donors (Lipinski definition) is 3. The third-order valence-electron chi connectivity index (χ3n) is 4.16. The Bertz CT molecular complexity index is 947. The van der Waals surface area contributed by atoms with Crippen LogP contribution in [0.15, 0.2) is 65.3 Å². The van der Waals surface area contributed by atoms with Gasteiger partial charge in [-0.2, -0.15) is 0 Å². The van der Waals surface area contributed by atoms with E-state index in [0.717, 1.165) is 11.3 Å². The van der Waals surface area contributed by atoms with E-state index < -0.39 is 0 Å². The Kier molecular flexibility index (Phi) is 5.35. The molecule has 0 fully saturated rings. The van der Waals surface area contributed by atoms with Crippen molar-refractivity contribution in [2.24, 2.45) is 4.99 Å². The highest BCUT2D eigenvalue weighted by Gasteiger charge is 2.25. The highest BCUT2D eigenvalue weighted by atomic mass is 16.3. The van der Waals surface area contributed by atoms with Gasteiger partial charge in [0.2, 0.25) is 0 Å². The van der Waals surface area contributed by atoms with Gasteiger partial charge < -0.3 is 15.7 Å². The lowest BCUT2D eigenvalue weighted by Gasteiger charge is -2.13. The number of nitrogens with zero attached hydrogens (tertiary/aromatic N) is 1. The minimum Gasteiger partial charge on any atom is -0.507 e. The van der Waals surface area contributed by atoms with Crippen molar-refractivity contribution >= 4 is 23.1 Å². The zero-order valence-corrected chi connectivity index (χ0v) is 15.2. The number of ketones is 1. The fourth-order valence-electron chi connectivity index (χ4n) is 2.92. The average molecular weight is 363 g/mol. The van der Waals surface area contributed by atoms with Gasteiger partial charge in [-0.15, -0.1) is 0 Å². The van der Waals surface area contributed by atoms with Crippen LogP contribution < -0.4 is 10.6 Å². The molecule has 6 nitrogen and oxygen atoms in total. The Morgan fingerprint density at radius 3 is 2.70 bits per heavy atom. The van der Waals surface area contributed by atoms with Gasteiger partial charge in [0, 0.05) is 23.4 Å². The standard InChI is InChI=1S/C21H21N3O3/c1-13(11-19(26)16-8-4-6-10-18(16)25)23-14(2)12-22-20-15-7-3-5-9-17(15)24-21(20)27/h3-11,14,23,25H,12H2,1-2H3,(H,22,24,27)/b13-11-.